The second-order valence-electron chi connectivity index (χ2n) is 8.86. The standard InChI is InChI=1S/C23H30N5O3/c1-6-30-16-7-8-20-27(13-16)22(24)25-28(20)14-19(29)15-11-17(23(2,3)4)21-18(12-15)26(5)9-10-31-21/h7-8,11-13H,6,9-10,14H2,1-5H3,(H2,24,25)/q+1. The summed E-state index contributed by atoms with van der Waals surface area (Å²) in [5.41, 5.74) is 9.27. The molecule has 164 valence electrons. The third kappa shape index (κ3) is 3.89. The molecule has 2 N–H and O–H groups in total. The number of ether oxygens (including phenoxy) is 2. The predicted molar refractivity (Wildman–Crippen MR) is 119 cm³/mol. The lowest BCUT2D eigenvalue weighted by atomic mass is 9.84. The summed E-state index contributed by atoms with van der Waals surface area (Å²) in [7, 11) is 2.02. The van der Waals surface area contributed by atoms with E-state index in [1.54, 1.807) is 15.3 Å². The summed E-state index contributed by atoms with van der Waals surface area (Å²) in [6.07, 6.45) is 1.78. The molecule has 2 aromatic heterocycles. The lowest BCUT2D eigenvalue weighted by Crippen LogP contribution is -2.40. The summed E-state index contributed by atoms with van der Waals surface area (Å²) in [4.78, 5) is 15.4. The Morgan fingerprint density at radius 2 is 2.10 bits per heavy atom. The maximum absolute atomic E-state index is 13.3. The molecule has 31 heavy (non-hydrogen) atoms. The van der Waals surface area contributed by atoms with Crippen LogP contribution in [-0.4, -0.2) is 42.1 Å². The van der Waals surface area contributed by atoms with E-state index >= 15 is 0 Å². The van der Waals surface area contributed by atoms with Crippen molar-refractivity contribution < 1.29 is 19.0 Å². The van der Waals surface area contributed by atoms with E-state index in [9.17, 15) is 4.79 Å². The maximum atomic E-state index is 13.3. The van der Waals surface area contributed by atoms with Crippen molar-refractivity contribution in [2.75, 3.05) is 37.4 Å². The highest BCUT2D eigenvalue weighted by Gasteiger charge is 2.29. The van der Waals surface area contributed by atoms with Crippen molar-refractivity contribution in [3.63, 3.8) is 0 Å². The SMILES string of the molecule is CCOc1ccc2n(c1)c(N)n[n+]2CC(=O)c1cc2c(c(C(C)(C)C)c1)OCCN2C. The Morgan fingerprint density at radius 1 is 1.32 bits per heavy atom. The fourth-order valence-corrected chi connectivity index (χ4v) is 3.86. The number of nitrogens with two attached hydrogens (primary N) is 1. The molecule has 3 aromatic rings. The molecule has 8 nitrogen and oxygen atoms in total. The molecule has 0 bridgehead atoms. The largest absolute Gasteiger partial charge is 0.490 e. The van der Waals surface area contributed by atoms with Gasteiger partial charge in [-0.3, -0.25) is 4.79 Å². The highest BCUT2D eigenvalue weighted by Crippen LogP contribution is 2.41. The lowest BCUT2D eigenvalue weighted by molar-refractivity contribution is -0.714. The van der Waals surface area contributed by atoms with E-state index in [1.807, 2.05) is 38.2 Å². The van der Waals surface area contributed by atoms with Gasteiger partial charge in [-0.05, 0) is 35.6 Å². The summed E-state index contributed by atoms with van der Waals surface area (Å²) in [6.45, 7) is 10.4. The molecule has 0 saturated heterocycles. The van der Waals surface area contributed by atoms with Crippen LogP contribution in [0.4, 0.5) is 11.6 Å². The average molecular weight is 425 g/mol. The number of carbonyl (C=O) groups excluding carboxylic acids is 1. The Hall–Kier alpha value is -3.29. The number of anilines is 2. The quantitative estimate of drug-likeness (QED) is 0.501. The summed E-state index contributed by atoms with van der Waals surface area (Å²) in [5.74, 6) is 1.83. The van der Waals surface area contributed by atoms with Crippen LogP contribution < -0.4 is 24.8 Å². The third-order valence-corrected chi connectivity index (χ3v) is 5.52. The summed E-state index contributed by atoms with van der Waals surface area (Å²) in [6, 6.07) is 7.58. The zero-order chi connectivity index (χ0) is 22.3. The molecular formula is C23H30N5O3+. The van der Waals surface area contributed by atoms with E-state index < -0.39 is 0 Å². The number of pyridine rings is 1. The Kier molecular flexibility index (Phi) is 5.24. The van der Waals surface area contributed by atoms with Crippen molar-refractivity contribution in [3.05, 3.63) is 41.6 Å². The van der Waals surface area contributed by atoms with Gasteiger partial charge in [-0.2, -0.15) is 4.40 Å². The minimum absolute atomic E-state index is 0.0360. The topological polar surface area (TPSA) is 86.0 Å². The van der Waals surface area contributed by atoms with E-state index in [-0.39, 0.29) is 17.7 Å². The van der Waals surface area contributed by atoms with Crippen molar-refractivity contribution in [2.45, 2.75) is 39.7 Å². The number of hydrogen-bond acceptors (Lipinski definition) is 6. The summed E-state index contributed by atoms with van der Waals surface area (Å²) < 4.78 is 14.9. The van der Waals surface area contributed by atoms with Crippen LogP contribution in [0.15, 0.2) is 30.5 Å². The van der Waals surface area contributed by atoms with E-state index in [2.05, 4.69) is 30.8 Å². The number of nitrogen functional groups attached to an aromatic ring is 1. The zero-order valence-electron chi connectivity index (χ0n) is 18.8. The van der Waals surface area contributed by atoms with Gasteiger partial charge in [0.15, 0.2) is 12.3 Å². The molecule has 1 aliphatic heterocycles. The Bertz CT molecular complexity index is 1150. The van der Waals surface area contributed by atoms with Crippen LogP contribution in [0.1, 0.15) is 43.6 Å². The molecule has 1 aromatic carbocycles. The molecule has 0 radical (unpaired) electrons. The van der Waals surface area contributed by atoms with Crippen LogP contribution in [0.5, 0.6) is 11.5 Å². The number of benzene rings is 1. The van der Waals surface area contributed by atoms with E-state index in [0.717, 1.165) is 29.2 Å². The highest BCUT2D eigenvalue weighted by molar-refractivity contribution is 5.97. The molecule has 0 spiro atoms. The number of aromatic nitrogens is 3. The molecule has 0 saturated carbocycles. The van der Waals surface area contributed by atoms with Crippen LogP contribution in [0.25, 0.3) is 5.65 Å². The molecule has 8 heteroatoms. The first-order chi connectivity index (χ1) is 14.7. The number of ketones is 1. The number of fused-ring (bicyclic) bond motifs is 2. The molecule has 0 fully saturated rings. The van der Waals surface area contributed by atoms with Gasteiger partial charge in [0.25, 0.3) is 0 Å². The number of carbonyl (C=O) groups is 1. The number of Topliss-reactive ketones (excluding diaryl/α,β-unsaturated/α-hetero) is 1. The van der Waals surface area contributed by atoms with Gasteiger partial charge in [0.1, 0.15) is 18.6 Å². The number of hydrogen-bond donors (Lipinski definition) is 1. The Morgan fingerprint density at radius 3 is 2.81 bits per heavy atom. The van der Waals surface area contributed by atoms with Crippen LogP contribution >= 0.6 is 0 Å². The molecule has 0 atom stereocenters. The van der Waals surface area contributed by atoms with Gasteiger partial charge < -0.3 is 20.1 Å². The lowest BCUT2D eigenvalue weighted by Gasteiger charge is -2.33. The normalized spacial score (nSPS) is 13.8. The van der Waals surface area contributed by atoms with Crippen LogP contribution in [0, 0.1) is 0 Å². The summed E-state index contributed by atoms with van der Waals surface area (Å²) in [5, 5.41) is 4.38. The number of rotatable bonds is 5. The maximum Gasteiger partial charge on any atom is 0.334 e. The van der Waals surface area contributed by atoms with E-state index in [1.165, 1.54) is 0 Å². The Labute approximate surface area is 182 Å². The molecule has 3 heterocycles. The minimum Gasteiger partial charge on any atom is -0.490 e. The van der Waals surface area contributed by atoms with Crippen LogP contribution in [-0.2, 0) is 12.0 Å². The smallest absolute Gasteiger partial charge is 0.334 e. The molecular weight excluding hydrogens is 394 g/mol. The van der Waals surface area contributed by atoms with Gasteiger partial charge in [0.05, 0.1) is 18.8 Å². The van der Waals surface area contributed by atoms with Gasteiger partial charge in [0.2, 0.25) is 5.78 Å². The highest BCUT2D eigenvalue weighted by atomic mass is 16.5. The average Bonchev–Trinajstić information content (AvgIpc) is 3.02. The predicted octanol–water partition coefficient (Wildman–Crippen LogP) is 2.61. The first-order valence-corrected chi connectivity index (χ1v) is 10.5. The molecule has 0 amide bonds. The first kappa shape index (κ1) is 21.0. The molecule has 1 aliphatic rings. The van der Waals surface area contributed by atoms with Gasteiger partial charge >= 0.3 is 11.6 Å². The van der Waals surface area contributed by atoms with Crippen LogP contribution in [0.2, 0.25) is 0 Å². The second-order valence-corrected chi connectivity index (χ2v) is 8.86. The zero-order valence-corrected chi connectivity index (χ0v) is 18.8. The molecule has 0 unspecified atom stereocenters. The minimum atomic E-state index is -0.160. The monoisotopic (exact) mass is 424 g/mol. The third-order valence-electron chi connectivity index (χ3n) is 5.52. The first-order valence-electron chi connectivity index (χ1n) is 10.5. The summed E-state index contributed by atoms with van der Waals surface area (Å²) >= 11 is 0. The van der Waals surface area contributed by atoms with Gasteiger partial charge in [-0.25, -0.2) is 0 Å². The Balaban J connectivity index is 1.72. The van der Waals surface area contributed by atoms with E-state index in [0.29, 0.717) is 30.5 Å². The van der Waals surface area contributed by atoms with Gasteiger partial charge in [-0.1, -0.05) is 20.8 Å². The fraction of sp³-hybridized carbons (Fsp3) is 0.435. The number of nitrogens with zero attached hydrogens (tertiary/aromatic N) is 4. The fourth-order valence-electron chi connectivity index (χ4n) is 3.86. The van der Waals surface area contributed by atoms with Gasteiger partial charge in [0, 0.05) is 24.2 Å². The number of likely N-dealkylation sites (N-methyl/N-ethyl adjacent to an activating group) is 1. The molecule has 4 rings (SSSR count). The van der Waals surface area contributed by atoms with Crippen LogP contribution in [0.3, 0.4) is 0 Å². The van der Waals surface area contributed by atoms with E-state index in [4.69, 9.17) is 15.2 Å². The van der Waals surface area contributed by atoms with Crippen molar-refractivity contribution in [3.8, 4) is 11.5 Å². The van der Waals surface area contributed by atoms with Crippen molar-refractivity contribution >= 4 is 23.1 Å². The molecule has 0 aliphatic carbocycles. The van der Waals surface area contributed by atoms with Crippen molar-refractivity contribution in [1.82, 2.24) is 9.50 Å². The van der Waals surface area contributed by atoms with Crippen molar-refractivity contribution in [2.24, 2.45) is 0 Å². The van der Waals surface area contributed by atoms with Gasteiger partial charge in [-0.15, -0.1) is 4.68 Å². The van der Waals surface area contributed by atoms with Crippen molar-refractivity contribution in [1.29, 1.82) is 0 Å². The second kappa shape index (κ2) is 7.76.